The van der Waals surface area contributed by atoms with E-state index in [1.165, 1.54) is 6.42 Å². The van der Waals surface area contributed by atoms with E-state index in [4.69, 9.17) is 10.5 Å². The monoisotopic (exact) mass is 276 g/mol. The van der Waals surface area contributed by atoms with Crippen LogP contribution in [0.25, 0.3) is 0 Å². The largest absolute Gasteiger partial charge is 0.483 e. The van der Waals surface area contributed by atoms with E-state index in [9.17, 15) is 4.79 Å². The maximum atomic E-state index is 12.0. The Morgan fingerprint density at radius 2 is 2.10 bits per heavy atom. The highest BCUT2D eigenvalue weighted by atomic mass is 16.5. The molecule has 4 heteroatoms. The summed E-state index contributed by atoms with van der Waals surface area (Å²) in [6, 6.07) is 7.83. The summed E-state index contributed by atoms with van der Waals surface area (Å²) in [4.78, 5) is 12.0. The minimum Gasteiger partial charge on any atom is -0.483 e. The Morgan fingerprint density at radius 3 is 2.75 bits per heavy atom. The molecule has 4 nitrogen and oxygen atoms in total. The van der Waals surface area contributed by atoms with Crippen LogP contribution < -0.4 is 15.8 Å². The van der Waals surface area contributed by atoms with E-state index in [-0.39, 0.29) is 18.6 Å². The average Bonchev–Trinajstić information content (AvgIpc) is 2.77. The molecule has 3 N–H and O–H groups in total. The highest BCUT2D eigenvalue weighted by molar-refractivity contribution is 5.78. The first-order valence-electron chi connectivity index (χ1n) is 7.32. The average molecular weight is 276 g/mol. The van der Waals surface area contributed by atoms with Gasteiger partial charge >= 0.3 is 0 Å². The summed E-state index contributed by atoms with van der Waals surface area (Å²) in [6.45, 7) is 4.90. The third-order valence-electron chi connectivity index (χ3n) is 4.36. The Bertz CT molecular complexity index is 462. The van der Waals surface area contributed by atoms with Gasteiger partial charge in [-0.25, -0.2) is 0 Å². The molecule has 3 atom stereocenters. The van der Waals surface area contributed by atoms with E-state index in [0.29, 0.717) is 24.1 Å². The molecule has 1 aromatic rings. The first kappa shape index (κ1) is 14.9. The zero-order valence-corrected chi connectivity index (χ0v) is 12.3. The normalized spacial score (nSPS) is 25.4. The van der Waals surface area contributed by atoms with Crippen molar-refractivity contribution in [3.05, 3.63) is 29.8 Å². The van der Waals surface area contributed by atoms with Crippen LogP contribution in [0.15, 0.2) is 24.3 Å². The van der Waals surface area contributed by atoms with Crippen LogP contribution in [0.4, 0.5) is 0 Å². The number of carbonyl (C=O) groups excluding carboxylic acids is 1. The third kappa shape index (κ3) is 3.51. The standard InChI is InChI=1S/C16H24N2O2/c1-11-7-8-14(12(11)2)18-16(19)10-20-15-6-4-3-5-13(15)9-17/h3-6,11-12,14H,7-10,17H2,1-2H3,(H,18,19). The smallest absolute Gasteiger partial charge is 0.258 e. The van der Waals surface area contributed by atoms with Gasteiger partial charge in [0, 0.05) is 18.2 Å². The van der Waals surface area contributed by atoms with E-state index in [2.05, 4.69) is 19.2 Å². The predicted molar refractivity (Wildman–Crippen MR) is 79.3 cm³/mol. The van der Waals surface area contributed by atoms with Gasteiger partial charge in [-0.2, -0.15) is 0 Å². The van der Waals surface area contributed by atoms with Crippen LogP contribution in [-0.2, 0) is 11.3 Å². The van der Waals surface area contributed by atoms with Crippen LogP contribution in [0.5, 0.6) is 5.75 Å². The molecule has 20 heavy (non-hydrogen) atoms. The molecule has 1 fully saturated rings. The molecule has 3 unspecified atom stereocenters. The number of nitrogens with one attached hydrogen (secondary N) is 1. The fraction of sp³-hybridized carbons (Fsp3) is 0.562. The lowest BCUT2D eigenvalue weighted by molar-refractivity contribution is -0.124. The molecule has 110 valence electrons. The van der Waals surface area contributed by atoms with Gasteiger partial charge in [0.25, 0.3) is 5.91 Å². The van der Waals surface area contributed by atoms with Gasteiger partial charge in [0.05, 0.1) is 0 Å². The fourth-order valence-corrected chi connectivity index (χ4v) is 2.77. The predicted octanol–water partition coefficient (Wildman–Crippen LogP) is 2.07. The van der Waals surface area contributed by atoms with Crippen molar-refractivity contribution in [3.63, 3.8) is 0 Å². The minimum atomic E-state index is -0.0530. The number of para-hydroxylation sites is 1. The van der Waals surface area contributed by atoms with Gasteiger partial charge in [-0.15, -0.1) is 0 Å². The Morgan fingerprint density at radius 1 is 1.35 bits per heavy atom. The van der Waals surface area contributed by atoms with Crippen LogP contribution >= 0.6 is 0 Å². The summed E-state index contributed by atoms with van der Waals surface area (Å²) in [5.74, 6) is 1.86. The van der Waals surface area contributed by atoms with Gasteiger partial charge in [0.15, 0.2) is 6.61 Å². The summed E-state index contributed by atoms with van der Waals surface area (Å²) in [6.07, 6.45) is 2.25. The third-order valence-corrected chi connectivity index (χ3v) is 4.36. The van der Waals surface area contributed by atoms with Crippen molar-refractivity contribution in [1.82, 2.24) is 5.32 Å². The van der Waals surface area contributed by atoms with Gasteiger partial charge in [-0.3, -0.25) is 4.79 Å². The first-order chi connectivity index (χ1) is 9.61. The second-order valence-electron chi connectivity index (χ2n) is 5.69. The molecular weight excluding hydrogens is 252 g/mol. The topological polar surface area (TPSA) is 64.3 Å². The molecule has 2 rings (SSSR count). The van der Waals surface area contributed by atoms with E-state index in [0.717, 1.165) is 12.0 Å². The Kier molecular flexibility index (Phi) is 5.01. The zero-order chi connectivity index (χ0) is 14.5. The molecule has 1 amide bonds. The maximum Gasteiger partial charge on any atom is 0.258 e. The van der Waals surface area contributed by atoms with Gasteiger partial charge in [0.1, 0.15) is 5.75 Å². The molecule has 0 spiro atoms. The number of amides is 1. The van der Waals surface area contributed by atoms with Crippen molar-refractivity contribution in [3.8, 4) is 5.75 Å². The molecule has 0 bridgehead atoms. The molecule has 1 saturated carbocycles. The molecular formula is C16H24N2O2. The lowest BCUT2D eigenvalue weighted by Crippen LogP contribution is -2.40. The van der Waals surface area contributed by atoms with E-state index >= 15 is 0 Å². The Balaban J connectivity index is 1.83. The number of hydrogen-bond acceptors (Lipinski definition) is 3. The van der Waals surface area contributed by atoms with Crippen LogP contribution in [-0.4, -0.2) is 18.6 Å². The molecule has 1 aliphatic rings. The SMILES string of the molecule is CC1CCC(NC(=O)COc2ccccc2CN)C1C. The van der Waals surface area contributed by atoms with Crippen LogP contribution in [0, 0.1) is 11.8 Å². The zero-order valence-electron chi connectivity index (χ0n) is 12.3. The van der Waals surface area contributed by atoms with Crippen molar-refractivity contribution in [1.29, 1.82) is 0 Å². The quantitative estimate of drug-likeness (QED) is 0.865. The fourth-order valence-electron chi connectivity index (χ4n) is 2.77. The van der Waals surface area contributed by atoms with Gasteiger partial charge in [0.2, 0.25) is 0 Å². The molecule has 0 heterocycles. The molecule has 1 aliphatic carbocycles. The molecule has 0 aromatic heterocycles. The molecule has 0 saturated heterocycles. The summed E-state index contributed by atoms with van der Waals surface area (Å²) >= 11 is 0. The molecule has 0 aliphatic heterocycles. The van der Waals surface area contributed by atoms with Crippen molar-refractivity contribution in [2.45, 2.75) is 39.3 Å². The minimum absolute atomic E-state index is 0.0502. The number of carbonyl (C=O) groups is 1. The van der Waals surface area contributed by atoms with Crippen LogP contribution in [0.2, 0.25) is 0 Å². The van der Waals surface area contributed by atoms with E-state index in [1.807, 2.05) is 24.3 Å². The van der Waals surface area contributed by atoms with Crippen molar-refractivity contribution >= 4 is 5.91 Å². The molecule has 1 aromatic carbocycles. The first-order valence-corrected chi connectivity index (χ1v) is 7.32. The highest BCUT2D eigenvalue weighted by Crippen LogP contribution is 2.31. The summed E-state index contributed by atoms with van der Waals surface area (Å²) < 4.78 is 5.57. The highest BCUT2D eigenvalue weighted by Gasteiger charge is 2.30. The van der Waals surface area contributed by atoms with Gasteiger partial charge in [-0.1, -0.05) is 32.0 Å². The number of hydrogen-bond donors (Lipinski definition) is 2. The maximum absolute atomic E-state index is 12.0. The summed E-state index contributed by atoms with van der Waals surface area (Å²) in [7, 11) is 0. The number of nitrogens with two attached hydrogens (primary N) is 1. The van der Waals surface area contributed by atoms with Gasteiger partial charge < -0.3 is 15.8 Å². The Labute approximate surface area is 120 Å². The van der Waals surface area contributed by atoms with Crippen molar-refractivity contribution in [2.75, 3.05) is 6.61 Å². The Hall–Kier alpha value is -1.55. The van der Waals surface area contributed by atoms with E-state index in [1.54, 1.807) is 0 Å². The number of rotatable bonds is 5. The number of ether oxygens (including phenoxy) is 1. The van der Waals surface area contributed by atoms with Gasteiger partial charge in [-0.05, 0) is 30.7 Å². The van der Waals surface area contributed by atoms with Crippen molar-refractivity contribution < 1.29 is 9.53 Å². The second kappa shape index (κ2) is 6.75. The second-order valence-corrected chi connectivity index (χ2v) is 5.69. The molecule has 0 radical (unpaired) electrons. The van der Waals surface area contributed by atoms with E-state index < -0.39 is 0 Å². The summed E-state index contributed by atoms with van der Waals surface area (Å²) in [5, 5.41) is 3.07. The summed E-state index contributed by atoms with van der Waals surface area (Å²) in [5.41, 5.74) is 6.56. The lowest BCUT2D eigenvalue weighted by Gasteiger charge is -2.20. The number of benzene rings is 1. The van der Waals surface area contributed by atoms with Crippen LogP contribution in [0.1, 0.15) is 32.3 Å². The van der Waals surface area contributed by atoms with Crippen molar-refractivity contribution in [2.24, 2.45) is 17.6 Å². The lowest BCUT2D eigenvalue weighted by atomic mass is 9.98. The van der Waals surface area contributed by atoms with Crippen LogP contribution in [0.3, 0.4) is 0 Å².